The first-order valence-electron chi connectivity index (χ1n) is 9.72. The van der Waals surface area contributed by atoms with E-state index >= 15 is 0 Å². The monoisotopic (exact) mass is 388 g/mol. The van der Waals surface area contributed by atoms with Gasteiger partial charge in [-0.1, -0.05) is 80.1 Å². The molecule has 0 amide bonds. The first kappa shape index (κ1) is 20.3. The Morgan fingerprint density at radius 3 is 1.52 bits per heavy atom. The summed E-state index contributed by atoms with van der Waals surface area (Å²) in [6.07, 6.45) is 1.15. The molecular formula is C25H24O4. The molecule has 0 atom stereocenters. The minimum Gasteiger partial charge on any atom is -0.426 e. The second-order valence-electron chi connectivity index (χ2n) is 6.90. The predicted octanol–water partition coefficient (Wildman–Crippen LogP) is 5.23. The third-order valence-corrected chi connectivity index (χ3v) is 4.71. The third-order valence-electron chi connectivity index (χ3n) is 4.71. The van der Waals surface area contributed by atoms with Gasteiger partial charge in [0.05, 0.1) is 0 Å². The van der Waals surface area contributed by atoms with Gasteiger partial charge < -0.3 is 9.47 Å². The number of para-hydroxylation sites is 2. The van der Waals surface area contributed by atoms with Crippen molar-refractivity contribution in [3.05, 3.63) is 96.6 Å². The van der Waals surface area contributed by atoms with E-state index < -0.39 is 17.4 Å². The standard InChI is InChI=1S/C25H24O4/c1-2-18-25(19-20-12-6-3-7-13-20,23(26)28-21-14-8-4-9-15-21)24(27)29-22-16-10-5-11-17-22/h3-17H,2,18-19H2,1H3. The Kier molecular flexibility index (Phi) is 6.80. The molecule has 0 aliphatic rings. The van der Waals surface area contributed by atoms with Crippen molar-refractivity contribution in [1.82, 2.24) is 0 Å². The van der Waals surface area contributed by atoms with Crippen LogP contribution in [0, 0.1) is 5.41 Å². The molecule has 0 spiro atoms. The van der Waals surface area contributed by atoms with E-state index in [2.05, 4.69) is 0 Å². The molecule has 0 bridgehead atoms. The lowest BCUT2D eigenvalue weighted by molar-refractivity contribution is -0.161. The molecule has 0 radical (unpaired) electrons. The van der Waals surface area contributed by atoms with Gasteiger partial charge in [-0.3, -0.25) is 9.59 Å². The van der Waals surface area contributed by atoms with Crippen molar-refractivity contribution in [2.45, 2.75) is 26.2 Å². The van der Waals surface area contributed by atoms with Crippen LogP contribution >= 0.6 is 0 Å². The number of ether oxygens (including phenoxy) is 2. The largest absolute Gasteiger partial charge is 0.426 e. The highest BCUT2D eigenvalue weighted by atomic mass is 16.6. The summed E-state index contributed by atoms with van der Waals surface area (Å²) in [6.45, 7) is 1.94. The van der Waals surface area contributed by atoms with E-state index in [1.165, 1.54) is 0 Å². The Labute approximate surface area is 171 Å². The van der Waals surface area contributed by atoms with Crippen LogP contribution in [-0.2, 0) is 16.0 Å². The van der Waals surface area contributed by atoms with Gasteiger partial charge >= 0.3 is 11.9 Å². The van der Waals surface area contributed by atoms with Gasteiger partial charge in [0.2, 0.25) is 0 Å². The van der Waals surface area contributed by atoms with Gasteiger partial charge in [-0.05, 0) is 42.7 Å². The number of carbonyl (C=O) groups excluding carboxylic acids is 2. The maximum atomic E-state index is 13.3. The molecule has 0 fully saturated rings. The molecule has 3 rings (SSSR count). The zero-order valence-electron chi connectivity index (χ0n) is 16.4. The summed E-state index contributed by atoms with van der Waals surface area (Å²) in [4.78, 5) is 26.7. The zero-order chi connectivity index (χ0) is 20.5. The van der Waals surface area contributed by atoms with Crippen LogP contribution in [-0.4, -0.2) is 11.9 Å². The highest BCUT2D eigenvalue weighted by Crippen LogP contribution is 2.34. The van der Waals surface area contributed by atoms with E-state index in [0.29, 0.717) is 24.3 Å². The molecule has 0 heterocycles. The van der Waals surface area contributed by atoms with E-state index in [-0.39, 0.29) is 6.42 Å². The van der Waals surface area contributed by atoms with Crippen molar-refractivity contribution >= 4 is 11.9 Å². The first-order valence-corrected chi connectivity index (χ1v) is 9.72. The Hall–Kier alpha value is -3.40. The molecule has 3 aromatic carbocycles. The lowest BCUT2D eigenvalue weighted by Gasteiger charge is -2.29. The minimum atomic E-state index is -1.44. The Morgan fingerprint density at radius 2 is 1.10 bits per heavy atom. The van der Waals surface area contributed by atoms with Crippen LogP contribution in [0.4, 0.5) is 0 Å². The molecule has 0 unspecified atom stereocenters. The van der Waals surface area contributed by atoms with E-state index in [1.807, 2.05) is 49.4 Å². The molecule has 29 heavy (non-hydrogen) atoms. The molecule has 4 nitrogen and oxygen atoms in total. The Balaban J connectivity index is 1.96. The van der Waals surface area contributed by atoms with Crippen LogP contribution in [0.5, 0.6) is 11.5 Å². The molecule has 0 aromatic heterocycles. The maximum Gasteiger partial charge on any atom is 0.329 e. The smallest absolute Gasteiger partial charge is 0.329 e. The minimum absolute atomic E-state index is 0.207. The van der Waals surface area contributed by atoms with Gasteiger partial charge in [-0.15, -0.1) is 0 Å². The van der Waals surface area contributed by atoms with Gasteiger partial charge in [0.15, 0.2) is 5.41 Å². The summed E-state index contributed by atoms with van der Waals surface area (Å²) in [5, 5.41) is 0. The van der Waals surface area contributed by atoms with Crippen LogP contribution in [0.3, 0.4) is 0 Å². The van der Waals surface area contributed by atoms with Crippen molar-refractivity contribution in [3.63, 3.8) is 0 Å². The van der Waals surface area contributed by atoms with Gasteiger partial charge in [0, 0.05) is 0 Å². The molecule has 3 aromatic rings. The van der Waals surface area contributed by atoms with Crippen molar-refractivity contribution in [2.75, 3.05) is 0 Å². The summed E-state index contributed by atoms with van der Waals surface area (Å²) in [5.74, 6) is -0.400. The summed E-state index contributed by atoms with van der Waals surface area (Å²) < 4.78 is 11.2. The van der Waals surface area contributed by atoms with Crippen LogP contribution < -0.4 is 9.47 Å². The lowest BCUT2D eigenvalue weighted by Crippen LogP contribution is -2.46. The normalized spacial score (nSPS) is 10.9. The fourth-order valence-electron chi connectivity index (χ4n) is 3.28. The number of carbonyl (C=O) groups is 2. The van der Waals surface area contributed by atoms with Gasteiger partial charge in [0.25, 0.3) is 0 Å². The second-order valence-corrected chi connectivity index (χ2v) is 6.90. The molecule has 148 valence electrons. The fraction of sp³-hybridized carbons (Fsp3) is 0.200. The predicted molar refractivity (Wildman–Crippen MR) is 112 cm³/mol. The topological polar surface area (TPSA) is 52.6 Å². The highest BCUT2D eigenvalue weighted by Gasteiger charge is 2.49. The molecule has 0 aliphatic heterocycles. The zero-order valence-corrected chi connectivity index (χ0v) is 16.4. The summed E-state index contributed by atoms with van der Waals surface area (Å²) in [5.41, 5.74) is -0.571. The number of benzene rings is 3. The SMILES string of the molecule is CCCC(Cc1ccccc1)(C(=O)Oc1ccccc1)C(=O)Oc1ccccc1. The van der Waals surface area contributed by atoms with Crippen LogP contribution in [0.15, 0.2) is 91.0 Å². The van der Waals surface area contributed by atoms with E-state index in [9.17, 15) is 9.59 Å². The van der Waals surface area contributed by atoms with Gasteiger partial charge in [-0.2, -0.15) is 0 Å². The number of hydrogen-bond donors (Lipinski definition) is 0. The summed E-state index contributed by atoms with van der Waals surface area (Å²) >= 11 is 0. The van der Waals surface area contributed by atoms with Crippen LogP contribution in [0.1, 0.15) is 25.3 Å². The quantitative estimate of drug-likeness (QED) is 0.301. The maximum absolute atomic E-state index is 13.3. The third kappa shape index (κ3) is 5.11. The van der Waals surface area contributed by atoms with Gasteiger partial charge in [0.1, 0.15) is 11.5 Å². The average Bonchev–Trinajstić information content (AvgIpc) is 2.75. The Morgan fingerprint density at radius 1 is 0.690 bits per heavy atom. The van der Waals surface area contributed by atoms with Crippen LogP contribution in [0.2, 0.25) is 0 Å². The van der Waals surface area contributed by atoms with Gasteiger partial charge in [-0.25, -0.2) is 0 Å². The van der Waals surface area contributed by atoms with E-state index in [4.69, 9.17) is 9.47 Å². The molecule has 0 saturated carbocycles. The first-order chi connectivity index (χ1) is 14.1. The number of esters is 2. The van der Waals surface area contributed by atoms with Crippen LogP contribution in [0.25, 0.3) is 0 Å². The van der Waals surface area contributed by atoms with Crippen molar-refractivity contribution in [1.29, 1.82) is 0 Å². The molecular weight excluding hydrogens is 364 g/mol. The molecule has 0 saturated heterocycles. The fourth-order valence-corrected chi connectivity index (χ4v) is 3.28. The second kappa shape index (κ2) is 9.69. The number of hydrogen-bond acceptors (Lipinski definition) is 4. The van der Waals surface area contributed by atoms with Crippen molar-refractivity contribution in [3.8, 4) is 11.5 Å². The molecule has 0 aliphatic carbocycles. The summed E-state index contributed by atoms with van der Waals surface area (Å²) in [7, 11) is 0. The molecule has 0 N–H and O–H groups in total. The van der Waals surface area contributed by atoms with E-state index in [1.54, 1.807) is 48.5 Å². The highest BCUT2D eigenvalue weighted by molar-refractivity contribution is 6.02. The lowest BCUT2D eigenvalue weighted by atomic mass is 9.77. The van der Waals surface area contributed by atoms with Crippen molar-refractivity contribution in [2.24, 2.45) is 5.41 Å². The molecule has 4 heteroatoms. The average molecular weight is 388 g/mol. The number of rotatable bonds is 8. The summed E-state index contributed by atoms with van der Waals surface area (Å²) in [6, 6.07) is 27.0. The van der Waals surface area contributed by atoms with E-state index in [0.717, 1.165) is 5.56 Å². The Bertz CT molecular complexity index is 867. The van der Waals surface area contributed by atoms with Crippen molar-refractivity contribution < 1.29 is 19.1 Å².